The van der Waals surface area contributed by atoms with E-state index in [1.165, 1.54) is 12.1 Å². The van der Waals surface area contributed by atoms with Gasteiger partial charge in [0.05, 0.1) is 16.1 Å². The predicted molar refractivity (Wildman–Crippen MR) is 134 cm³/mol. The van der Waals surface area contributed by atoms with Crippen LogP contribution in [0.1, 0.15) is 10.4 Å². The van der Waals surface area contributed by atoms with Gasteiger partial charge in [-0.3, -0.25) is 4.72 Å². The van der Waals surface area contributed by atoms with Gasteiger partial charge >= 0.3 is 5.97 Å². The normalized spacial score (nSPS) is 11.0. The Kier molecular flexibility index (Phi) is 7.32. The number of carboxylic acids is 1. The zero-order chi connectivity index (χ0) is 24.7. The van der Waals surface area contributed by atoms with Crippen LogP contribution in [0, 0.1) is 0 Å². The molecule has 0 heterocycles. The summed E-state index contributed by atoms with van der Waals surface area (Å²) in [5, 5.41) is 8.95. The summed E-state index contributed by atoms with van der Waals surface area (Å²) in [4.78, 5) is 11.1. The van der Waals surface area contributed by atoms with Gasteiger partial charge in [-0.25, -0.2) is 13.2 Å². The van der Waals surface area contributed by atoms with E-state index < -0.39 is 16.0 Å². The molecule has 35 heavy (non-hydrogen) atoms. The molecule has 0 spiro atoms. The fraction of sp³-hybridized carbons (Fsp3) is 0.0741. The molecule has 2 N–H and O–H groups in total. The summed E-state index contributed by atoms with van der Waals surface area (Å²) >= 11 is 0. The Balaban J connectivity index is 1.38. The van der Waals surface area contributed by atoms with Crippen LogP contribution in [0.2, 0.25) is 0 Å². The number of ether oxygens (including phenoxy) is 2. The van der Waals surface area contributed by atoms with Crippen molar-refractivity contribution in [3.8, 4) is 22.6 Å². The minimum absolute atomic E-state index is 0.139. The van der Waals surface area contributed by atoms with Gasteiger partial charge in [-0.05, 0) is 59.7 Å². The summed E-state index contributed by atoms with van der Waals surface area (Å²) in [6.07, 6.45) is 0. The lowest BCUT2D eigenvalue weighted by molar-refractivity contribution is 0.0697. The number of carboxylic acid groups (broad SMARTS) is 1. The number of hydrogen-bond donors (Lipinski definition) is 2. The Morgan fingerprint density at radius 2 is 1.31 bits per heavy atom. The Morgan fingerprint density at radius 1 is 0.714 bits per heavy atom. The second-order valence-corrected chi connectivity index (χ2v) is 9.20. The Morgan fingerprint density at radius 3 is 2.00 bits per heavy atom. The molecule has 0 saturated carbocycles. The molecular weight excluding hydrogens is 466 g/mol. The van der Waals surface area contributed by atoms with Crippen LogP contribution in [0.15, 0.2) is 108 Å². The molecule has 178 valence electrons. The molecule has 0 amide bonds. The number of sulfonamides is 1. The molecule has 0 atom stereocenters. The number of hydrogen-bond acceptors (Lipinski definition) is 5. The average molecular weight is 490 g/mol. The van der Waals surface area contributed by atoms with Gasteiger partial charge in [-0.1, -0.05) is 54.6 Å². The van der Waals surface area contributed by atoms with Gasteiger partial charge in [-0.15, -0.1) is 0 Å². The van der Waals surface area contributed by atoms with Crippen LogP contribution in [0.3, 0.4) is 0 Å². The minimum Gasteiger partial charge on any atom is -0.490 e. The number of para-hydroxylation sites is 2. The standard InChI is InChI=1S/C27H23NO6S/c29-27(30)22-10-14-23(15-11-22)33-18-19-34-26-9-5-4-8-25(26)28-35(31,32)24-16-12-21(13-17-24)20-6-2-1-3-7-20/h1-17,28H,18-19H2,(H,29,30). The molecule has 0 aliphatic heterocycles. The highest BCUT2D eigenvalue weighted by Gasteiger charge is 2.17. The lowest BCUT2D eigenvalue weighted by Gasteiger charge is -2.14. The highest BCUT2D eigenvalue weighted by Crippen LogP contribution is 2.28. The van der Waals surface area contributed by atoms with Gasteiger partial charge in [-0.2, -0.15) is 0 Å². The first-order chi connectivity index (χ1) is 16.9. The number of nitrogens with one attached hydrogen (secondary N) is 1. The summed E-state index contributed by atoms with van der Waals surface area (Å²) in [6.45, 7) is 0.347. The van der Waals surface area contributed by atoms with Crippen molar-refractivity contribution in [3.63, 3.8) is 0 Å². The molecule has 8 heteroatoms. The van der Waals surface area contributed by atoms with Crippen LogP contribution in [0.5, 0.6) is 11.5 Å². The molecule has 0 unspecified atom stereocenters. The van der Waals surface area contributed by atoms with E-state index >= 15 is 0 Å². The van der Waals surface area contributed by atoms with Crippen LogP contribution in [-0.4, -0.2) is 32.7 Å². The van der Waals surface area contributed by atoms with Crippen LogP contribution in [0.25, 0.3) is 11.1 Å². The van der Waals surface area contributed by atoms with E-state index in [0.29, 0.717) is 17.2 Å². The monoisotopic (exact) mass is 489 g/mol. The second-order valence-electron chi connectivity index (χ2n) is 7.52. The fourth-order valence-electron chi connectivity index (χ4n) is 3.34. The molecule has 0 saturated heterocycles. The smallest absolute Gasteiger partial charge is 0.335 e. The molecule has 0 aliphatic carbocycles. The Bertz CT molecular complexity index is 1390. The molecule has 0 aliphatic rings. The topological polar surface area (TPSA) is 102 Å². The number of benzene rings is 4. The van der Waals surface area contributed by atoms with Gasteiger partial charge in [0.1, 0.15) is 24.7 Å². The van der Waals surface area contributed by atoms with Crippen molar-refractivity contribution in [2.45, 2.75) is 4.90 Å². The van der Waals surface area contributed by atoms with Crippen molar-refractivity contribution in [2.75, 3.05) is 17.9 Å². The minimum atomic E-state index is -3.83. The lowest BCUT2D eigenvalue weighted by Crippen LogP contribution is -2.15. The summed E-state index contributed by atoms with van der Waals surface area (Å²) < 4.78 is 39.8. The van der Waals surface area contributed by atoms with E-state index in [-0.39, 0.29) is 23.7 Å². The largest absolute Gasteiger partial charge is 0.490 e. The third kappa shape index (κ3) is 6.18. The predicted octanol–water partition coefficient (Wildman–Crippen LogP) is 5.31. The highest BCUT2D eigenvalue weighted by atomic mass is 32.2. The summed E-state index contributed by atoms with van der Waals surface area (Å²) in [7, 11) is -3.83. The van der Waals surface area contributed by atoms with Crippen molar-refractivity contribution in [2.24, 2.45) is 0 Å². The molecule has 4 aromatic rings. The number of carbonyl (C=O) groups is 1. The number of aromatic carboxylic acids is 1. The second kappa shape index (κ2) is 10.8. The van der Waals surface area contributed by atoms with Crippen LogP contribution in [0.4, 0.5) is 5.69 Å². The zero-order valence-electron chi connectivity index (χ0n) is 18.6. The van der Waals surface area contributed by atoms with E-state index in [4.69, 9.17) is 14.6 Å². The van der Waals surface area contributed by atoms with Gasteiger partial charge in [0.15, 0.2) is 0 Å². The quantitative estimate of drug-likeness (QED) is 0.293. The van der Waals surface area contributed by atoms with Gasteiger partial charge in [0, 0.05) is 0 Å². The van der Waals surface area contributed by atoms with Crippen LogP contribution < -0.4 is 14.2 Å². The molecule has 7 nitrogen and oxygen atoms in total. The molecule has 0 fully saturated rings. The summed E-state index contributed by atoms with van der Waals surface area (Å²) in [5.41, 5.74) is 2.41. The highest BCUT2D eigenvalue weighted by molar-refractivity contribution is 7.92. The van der Waals surface area contributed by atoms with E-state index in [2.05, 4.69) is 4.72 Å². The first-order valence-corrected chi connectivity index (χ1v) is 12.3. The van der Waals surface area contributed by atoms with E-state index in [0.717, 1.165) is 11.1 Å². The summed E-state index contributed by atoms with van der Waals surface area (Å²) in [5.74, 6) is -0.139. The maximum Gasteiger partial charge on any atom is 0.335 e. The molecule has 0 radical (unpaired) electrons. The molecule has 4 rings (SSSR count). The number of anilines is 1. The third-order valence-electron chi connectivity index (χ3n) is 5.11. The first kappa shape index (κ1) is 23.8. The first-order valence-electron chi connectivity index (χ1n) is 10.8. The SMILES string of the molecule is O=C(O)c1ccc(OCCOc2ccccc2NS(=O)(=O)c2ccc(-c3ccccc3)cc2)cc1. The van der Waals surface area contributed by atoms with E-state index in [1.807, 2.05) is 30.3 Å². The van der Waals surface area contributed by atoms with Crippen molar-refractivity contribution >= 4 is 21.7 Å². The molecule has 0 aromatic heterocycles. The summed E-state index contributed by atoms with van der Waals surface area (Å²) in [6, 6.07) is 29.2. The number of rotatable bonds is 10. The van der Waals surface area contributed by atoms with Crippen LogP contribution >= 0.6 is 0 Å². The van der Waals surface area contributed by atoms with Crippen molar-refractivity contribution < 1.29 is 27.8 Å². The maximum absolute atomic E-state index is 13.0. The van der Waals surface area contributed by atoms with Crippen LogP contribution in [-0.2, 0) is 10.0 Å². The van der Waals surface area contributed by atoms with E-state index in [9.17, 15) is 13.2 Å². The van der Waals surface area contributed by atoms with Crippen molar-refractivity contribution in [1.29, 1.82) is 0 Å². The van der Waals surface area contributed by atoms with Gasteiger partial charge in [0.25, 0.3) is 10.0 Å². The van der Waals surface area contributed by atoms with Crippen molar-refractivity contribution in [1.82, 2.24) is 0 Å². The lowest BCUT2D eigenvalue weighted by atomic mass is 10.1. The molecule has 0 bridgehead atoms. The third-order valence-corrected chi connectivity index (χ3v) is 6.50. The van der Waals surface area contributed by atoms with Gasteiger partial charge in [0.2, 0.25) is 0 Å². The van der Waals surface area contributed by atoms with E-state index in [1.54, 1.807) is 60.7 Å². The maximum atomic E-state index is 13.0. The zero-order valence-corrected chi connectivity index (χ0v) is 19.4. The fourth-order valence-corrected chi connectivity index (χ4v) is 4.41. The Labute approximate surface area is 203 Å². The average Bonchev–Trinajstić information content (AvgIpc) is 2.88. The molecular formula is C27H23NO6S. The van der Waals surface area contributed by atoms with Crippen molar-refractivity contribution in [3.05, 3.63) is 109 Å². The molecule has 4 aromatic carbocycles. The Hall–Kier alpha value is -4.30. The van der Waals surface area contributed by atoms with Gasteiger partial charge < -0.3 is 14.6 Å².